The van der Waals surface area contributed by atoms with Gasteiger partial charge in [0, 0.05) is 0 Å². The SMILES string of the molecule is CCOc1cc(/C=C2\SC(=Nc3ccc(CC)cc3)NC2=O)ccc1OCc1ccc2ccccc2c1. The number of fused-ring (bicyclic) bond motifs is 1. The Kier molecular flexibility index (Phi) is 7.57. The average Bonchev–Trinajstić information content (AvgIpc) is 3.26. The fourth-order valence-corrected chi connectivity index (χ4v) is 4.89. The second-order valence-electron chi connectivity index (χ2n) is 8.61. The largest absolute Gasteiger partial charge is 0.490 e. The summed E-state index contributed by atoms with van der Waals surface area (Å²) in [5.74, 6) is 1.15. The minimum atomic E-state index is -0.163. The molecule has 1 fully saturated rings. The van der Waals surface area contributed by atoms with Crippen molar-refractivity contribution in [3.8, 4) is 11.5 Å². The maximum absolute atomic E-state index is 12.6. The summed E-state index contributed by atoms with van der Waals surface area (Å²) in [5.41, 5.74) is 4.01. The predicted molar refractivity (Wildman–Crippen MR) is 153 cm³/mol. The van der Waals surface area contributed by atoms with Gasteiger partial charge in [0.05, 0.1) is 17.2 Å². The summed E-state index contributed by atoms with van der Waals surface area (Å²) in [4.78, 5) is 17.7. The van der Waals surface area contributed by atoms with Gasteiger partial charge in [-0.3, -0.25) is 4.79 Å². The number of rotatable bonds is 8. The van der Waals surface area contributed by atoms with Gasteiger partial charge in [0.2, 0.25) is 0 Å². The van der Waals surface area contributed by atoms with Crippen molar-refractivity contribution in [3.05, 3.63) is 107 Å². The Balaban J connectivity index is 1.31. The second kappa shape index (κ2) is 11.4. The first-order chi connectivity index (χ1) is 18.1. The normalized spacial score (nSPS) is 15.4. The summed E-state index contributed by atoms with van der Waals surface area (Å²) in [6, 6.07) is 28.3. The van der Waals surface area contributed by atoms with Crippen LogP contribution < -0.4 is 14.8 Å². The summed E-state index contributed by atoms with van der Waals surface area (Å²) >= 11 is 1.33. The van der Waals surface area contributed by atoms with Gasteiger partial charge in [0.15, 0.2) is 16.7 Å². The molecule has 1 aliphatic heterocycles. The van der Waals surface area contributed by atoms with Gasteiger partial charge in [-0.2, -0.15) is 0 Å². The van der Waals surface area contributed by atoms with E-state index in [1.54, 1.807) is 0 Å². The van der Waals surface area contributed by atoms with E-state index in [1.165, 1.54) is 28.1 Å². The van der Waals surface area contributed by atoms with Crippen LogP contribution in [0.25, 0.3) is 16.8 Å². The summed E-state index contributed by atoms with van der Waals surface area (Å²) in [6.07, 6.45) is 2.82. The van der Waals surface area contributed by atoms with Gasteiger partial charge in [0.25, 0.3) is 5.91 Å². The molecule has 0 radical (unpaired) electrons. The van der Waals surface area contributed by atoms with Crippen LogP contribution in [0.3, 0.4) is 0 Å². The van der Waals surface area contributed by atoms with E-state index in [-0.39, 0.29) is 5.91 Å². The summed E-state index contributed by atoms with van der Waals surface area (Å²) < 4.78 is 12.0. The van der Waals surface area contributed by atoms with Crippen molar-refractivity contribution < 1.29 is 14.3 Å². The van der Waals surface area contributed by atoms with Crippen molar-refractivity contribution in [1.82, 2.24) is 5.32 Å². The Morgan fingerprint density at radius 3 is 2.41 bits per heavy atom. The molecule has 4 aromatic rings. The van der Waals surface area contributed by atoms with E-state index in [0.29, 0.717) is 34.8 Å². The van der Waals surface area contributed by atoms with Crippen LogP contribution in [0, 0.1) is 0 Å². The van der Waals surface area contributed by atoms with Crippen molar-refractivity contribution in [2.75, 3.05) is 6.61 Å². The molecule has 0 spiro atoms. The lowest BCUT2D eigenvalue weighted by atomic mass is 10.1. The number of hydrogen-bond acceptors (Lipinski definition) is 5. The highest BCUT2D eigenvalue weighted by molar-refractivity contribution is 8.18. The molecule has 0 aromatic heterocycles. The van der Waals surface area contributed by atoms with Crippen LogP contribution in [-0.4, -0.2) is 17.7 Å². The molecule has 1 N–H and O–H groups in total. The van der Waals surface area contributed by atoms with Crippen LogP contribution in [-0.2, 0) is 17.8 Å². The average molecular weight is 509 g/mol. The van der Waals surface area contributed by atoms with Crippen molar-refractivity contribution in [1.29, 1.82) is 0 Å². The van der Waals surface area contributed by atoms with Crippen LogP contribution >= 0.6 is 11.8 Å². The van der Waals surface area contributed by atoms with Gasteiger partial charge in [-0.1, -0.05) is 61.5 Å². The van der Waals surface area contributed by atoms with Crippen molar-refractivity contribution in [2.24, 2.45) is 4.99 Å². The third kappa shape index (κ3) is 6.04. The van der Waals surface area contributed by atoms with Gasteiger partial charge >= 0.3 is 0 Å². The molecule has 0 atom stereocenters. The lowest BCUT2D eigenvalue weighted by molar-refractivity contribution is -0.115. The molecule has 5 nitrogen and oxygen atoms in total. The molecule has 186 valence electrons. The van der Waals surface area contributed by atoms with Crippen LogP contribution in [0.1, 0.15) is 30.5 Å². The van der Waals surface area contributed by atoms with Crippen LogP contribution in [0.5, 0.6) is 11.5 Å². The first kappa shape index (κ1) is 24.7. The van der Waals surface area contributed by atoms with Gasteiger partial charge in [0.1, 0.15) is 6.61 Å². The Morgan fingerprint density at radius 2 is 1.62 bits per heavy atom. The Bertz CT molecular complexity index is 1490. The monoisotopic (exact) mass is 508 g/mol. The number of nitrogens with zero attached hydrogens (tertiary/aromatic N) is 1. The number of carbonyl (C=O) groups excluding carboxylic acids is 1. The highest BCUT2D eigenvalue weighted by atomic mass is 32.2. The van der Waals surface area contributed by atoms with Crippen molar-refractivity contribution in [2.45, 2.75) is 26.9 Å². The zero-order chi connectivity index (χ0) is 25.6. The maximum Gasteiger partial charge on any atom is 0.264 e. The molecule has 5 rings (SSSR count). The van der Waals surface area contributed by atoms with Gasteiger partial charge in [-0.15, -0.1) is 0 Å². The smallest absolute Gasteiger partial charge is 0.264 e. The van der Waals surface area contributed by atoms with Gasteiger partial charge in [-0.25, -0.2) is 4.99 Å². The van der Waals surface area contributed by atoms with E-state index in [1.807, 2.05) is 55.5 Å². The number of nitrogens with one attached hydrogen (secondary N) is 1. The van der Waals surface area contributed by atoms with E-state index in [9.17, 15) is 4.79 Å². The number of hydrogen-bond donors (Lipinski definition) is 1. The molecular formula is C31H28N2O3S. The van der Waals surface area contributed by atoms with E-state index < -0.39 is 0 Å². The molecule has 37 heavy (non-hydrogen) atoms. The first-order valence-electron chi connectivity index (χ1n) is 12.4. The van der Waals surface area contributed by atoms with E-state index in [4.69, 9.17) is 9.47 Å². The Labute approximate surface area is 221 Å². The quantitative estimate of drug-likeness (QED) is 0.254. The number of aryl methyl sites for hydroxylation is 1. The predicted octanol–water partition coefficient (Wildman–Crippen LogP) is 7.27. The number of ether oxygens (including phenoxy) is 2. The van der Waals surface area contributed by atoms with Crippen molar-refractivity contribution in [3.63, 3.8) is 0 Å². The van der Waals surface area contributed by atoms with Gasteiger partial charge in [-0.05, 0) is 89.0 Å². The molecule has 0 unspecified atom stereocenters. The summed E-state index contributed by atoms with van der Waals surface area (Å²) in [6.45, 7) is 5.00. The molecule has 4 aromatic carbocycles. The number of benzene rings is 4. The molecule has 1 heterocycles. The zero-order valence-electron chi connectivity index (χ0n) is 20.9. The van der Waals surface area contributed by atoms with E-state index in [2.05, 4.69) is 59.7 Å². The lowest BCUT2D eigenvalue weighted by Crippen LogP contribution is -2.19. The van der Waals surface area contributed by atoms with Crippen LogP contribution in [0.4, 0.5) is 5.69 Å². The number of carbonyl (C=O) groups is 1. The van der Waals surface area contributed by atoms with Crippen LogP contribution in [0.2, 0.25) is 0 Å². The molecule has 0 bridgehead atoms. The second-order valence-corrected chi connectivity index (χ2v) is 9.64. The molecule has 0 saturated carbocycles. The number of aliphatic imine (C=N–C) groups is 1. The zero-order valence-corrected chi connectivity index (χ0v) is 21.7. The third-order valence-electron chi connectivity index (χ3n) is 6.00. The number of amidine groups is 1. The maximum atomic E-state index is 12.6. The molecule has 1 amide bonds. The number of thioether (sulfide) groups is 1. The van der Waals surface area contributed by atoms with Crippen LogP contribution in [0.15, 0.2) is 94.8 Å². The topological polar surface area (TPSA) is 59.9 Å². The Morgan fingerprint density at radius 1 is 0.838 bits per heavy atom. The molecule has 1 aliphatic rings. The number of amides is 1. The van der Waals surface area contributed by atoms with Gasteiger partial charge < -0.3 is 14.8 Å². The summed E-state index contributed by atoms with van der Waals surface area (Å²) in [5, 5.41) is 5.81. The Hall–Kier alpha value is -4.03. The minimum Gasteiger partial charge on any atom is -0.490 e. The van der Waals surface area contributed by atoms with E-state index in [0.717, 1.165) is 23.2 Å². The molecule has 1 saturated heterocycles. The standard InChI is InChI=1S/C31H28N2O3S/c1-3-21-10-14-26(15-11-21)32-31-33-30(34)29(37-31)19-22-12-16-27(28(18-22)35-4-2)36-20-23-9-13-24-7-5-6-8-25(24)17-23/h5-19H,3-4,20H2,1-2H3,(H,32,33,34)/b29-19-. The fourth-order valence-electron chi connectivity index (χ4n) is 4.05. The fraction of sp³-hybridized carbons (Fsp3) is 0.161. The minimum absolute atomic E-state index is 0.163. The summed E-state index contributed by atoms with van der Waals surface area (Å²) in [7, 11) is 0. The molecule has 0 aliphatic carbocycles. The lowest BCUT2D eigenvalue weighted by Gasteiger charge is -2.13. The molecular weight excluding hydrogens is 480 g/mol. The molecule has 6 heteroatoms. The first-order valence-corrected chi connectivity index (χ1v) is 13.2. The highest BCUT2D eigenvalue weighted by Gasteiger charge is 2.24. The third-order valence-corrected chi connectivity index (χ3v) is 6.91. The van der Waals surface area contributed by atoms with E-state index >= 15 is 0 Å². The van der Waals surface area contributed by atoms with Crippen molar-refractivity contribution >= 4 is 45.4 Å². The highest BCUT2D eigenvalue weighted by Crippen LogP contribution is 2.33.